The molecule has 0 aromatic carbocycles. The Labute approximate surface area is 133 Å². The van der Waals surface area contributed by atoms with E-state index in [-0.39, 0.29) is 17.1 Å². The normalized spacial score (nSPS) is 22.9. The Balaban J connectivity index is 2.20. The van der Waals surface area contributed by atoms with Crippen molar-refractivity contribution < 1.29 is 8.42 Å². The van der Waals surface area contributed by atoms with Crippen molar-refractivity contribution in [3.05, 3.63) is 15.9 Å². The number of rotatable bonds is 3. The Bertz CT molecular complexity index is 577. The molecule has 2 N–H and O–H groups in total. The molecule has 0 unspecified atom stereocenters. The van der Waals surface area contributed by atoms with Crippen LogP contribution >= 0.6 is 27.3 Å². The van der Waals surface area contributed by atoms with Gasteiger partial charge in [-0.3, -0.25) is 0 Å². The molecule has 1 saturated heterocycles. The molecule has 0 spiro atoms. The maximum absolute atomic E-state index is 12.5. The second-order valence-electron chi connectivity index (χ2n) is 6.68. The molecule has 1 aliphatic rings. The first-order valence-electron chi connectivity index (χ1n) is 6.55. The molecule has 20 heavy (non-hydrogen) atoms. The van der Waals surface area contributed by atoms with Gasteiger partial charge in [-0.2, -0.15) is 0 Å². The molecular weight excluding hydrogens is 360 g/mol. The lowest BCUT2D eigenvalue weighted by Crippen LogP contribution is -2.62. The van der Waals surface area contributed by atoms with Gasteiger partial charge in [0.1, 0.15) is 4.21 Å². The summed E-state index contributed by atoms with van der Waals surface area (Å²) in [5, 5.41) is 5.33. The molecule has 0 saturated carbocycles. The van der Waals surface area contributed by atoms with Gasteiger partial charge in [-0.25, -0.2) is 13.1 Å². The monoisotopic (exact) mass is 380 g/mol. The first-order valence-corrected chi connectivity index (χ1v) is 9.71. The highest BCUT2D eigenvalue weighted by atomic mass is 79.9. The van der Waals surface area contributed by atoms with Gasteiger partial charge in [-0.15, -0.1) is 11.3 Å². The van der Waals surface area contributed by atoms with Gasteiger partial charge in [-0.1, -0.05) is 0 Å². The number of hydrogen-bond donors (Lipinski definition) is 2. The summed E-state index contributed by atoms with van der Waals surface area (Å²) in [5.74, 6) is 0. The molecule has 0 aliphatic carbocycles. The summed E-state index contributed by atoms with van der Waals surface area (Å²) >= 11 is 4.52. The van der Waals surface area contributed by atoms with Crippen molar-refractivity contribution >= 4 is 37.3 Å². The molecule has 7 heteroatoms. The second kappa shape index (κ2) is 5.35. The van der Waals surface area contributed by atoms with E-state index < -0.39 is 10.0 Å². The fourth-order valence-corrected chi connectivity index (χ4v) is 6.74. The van der Waals surface area contributed by atoms with E-state index in [1.54, 1.807) is 11.4 Å². The molecular formula is C13H21BrN2O2S2. The summed E-state index contributed by atoms with van der Waals surface area (Å²) in [4.78, 5) is 0. The van der Waals surface area contributed by atoms with Gasteiger partial charge in [0.05, 0.1) is 0 Å². The van der Waals surface area contributed by atoms with Crippen molar-refractivity contribution in [3.63, 3.8) is 0 Å². The van der Waals surface area contributed by atoms with E-state index in [4.69, 9.17) is 0 Å². The van der Waals surface area contributed by atoms with Gasteiger partial charge >= 0.3 is 0 Å². The number of nitrogens with one attached hydrogen (secondary N) is 2. The van der Waals surface area contributed by atoms with Crippen LogP contribution in [0.3, 0.4) is 0 Å². The lowest BCUT2D eigenvalue weighted by atomic mass is 9.80. The molecule has 1 fully saturated rings. The second-order valence-corrected chi connectivity index (χ2v) is 10.4. The van der Waals surface area contributed by atoms with E-state index in [1.165, 1.54) is 11.3 Å². The molecule has 0 bridgehead atoms. The Morgan fingerprint density at radius 3 is 2.30 bits per heavy atom. The minimum atomic E-state index is -3.45. The van der Waals surface area contributed by atoms with Crippen molar-refractivity contribution in [1.82, 2.24) is 10.0 Å². The van der Waals surface area contributed by atoms with Crippen LogP contribution < -0.4 is 10.0 Å². The maximum Gasteiger partial charge on any atom is 0.251 e. The van der Waals surface area contributed by atoms with Crippen LogP contribution in [0.15, 0.2) is 20.1 Å². The molecule has 2 heterocycles. The van der Waals surface area contributed by atoms with Gasteiger partial charge in [0.2, 0.25) is 0 Å². The van der Waals surface area contributed by atoms with Crippen LogP contribution in [0, 0.1) is 0 Å². The average Bonchev–Trinajstić information content (AvgIpc) is 2.58. The van der Waals surface area contributed by atoms with Crippen molar-refractivity contribution in [2.24, 2.45) is 0 Å². The van der Waals surface area contributed by atoms with Gasteiger partial charge < -0.3 is 5.32 Å². The first-order chi connectivity index (χ1) is 9.01. The largest absolute Gasteiger partial charge is 0.307 e. The highest BCUT2D eigenvalue weighted by Crippen LogP contribution is 2.32. The number of halogens is 1. The van der Waals surface area contributed by atoms with Crippen molar-refractivity contribution in [3.8, 4) is 0 Å². The third-order valence-corrected chi connectivity index (χ3v) is 7.53. The predicted octanol–water partition coefficient (Wildman–Crippen LogP) is 3.10. The minimum Gasteiger partial charge on any atom is -0.307 e. The topological polar surface area (TPSA) is 58.2 Å². The molecule has 1 aromatic heterocycles. The van der Waals surface area contributed by atoms with E-state index >= 15 is 0 Å². The van der Waals surface area contributed by atoms with E-state index in [9.17, 15) is 8.42 Å². The summed E-state index contributed by atoms with van der Waals surface area (Å²) in [5.41, 5.74) is -0.163. The smallest absolute Gasteiger partial charge is 0.251 e. The summed E-state index contributed by atoms with van der Waals surface area (Å²) in [6.07, 6.45) is 1.55. The highest BCUT2D eigenvalue weighted by molar-refractivity contribution is 9.10. The van der Waals surface area contributed by atoms with Crippen molar-refractivity contribution in [2.45, 2.75) is 61.9 Å². The standard InChI is InChI=1S/C13H21BrN2O2S2/c1-12(2)7-9(8-13(3,4)16-12)15-20(17,18)11-10(14)5-6-19-11/h5-6,9,15-16H,7-8H2,1-4H3. The van der Waals surface area contributed by atoms with Gasteiger partial charge in [0.25, 0.3) is 10.0 Å². The first kappa shape index (κ1) is 16.4. The van der Waals surface area contributed by atoms with E-state index in [2.05, 4.69) is 53.7 Å². The molecule has 4 nitrogen and oxygen atoms in total. The predicted molar refractivity (Wildman–Crippen MR) is 86.7 cm³/mol. The quantitative estimate of drug-likeness (QED) is 0.846. The number of thiophene rings is 1. The summed E-state index contributed by atoms with van der Waals surface area (Å²) in [6, 6.07) is 1.70. The SMILES string of the molecule is CC1(C)CC(NS(=O)(=O)c2sccc2Br)CC(C)(C)N1. The van der Waals surface area contributed by atoms with Crippen LogP contribution in [-0.2, 0) is 10.0 Å². The zero-order chi connectivity index (χ0) is 15.2. The van der Waals surface area contributed by atoms with Crippen LogP contribution in [-0.4, -0.2) is 25.5 Å². The van der Waals surface area contributed by atoms with Gasteiger partial charge in [-0.05, 0) is 67.9 Å². The highest BCUT2D eigenvalue weighted by Gasteiger charge is 2.39. The third kappa shape index (κ3) is 3.82. The van der Waals surface area contributed by atoms with Crippen molar-refractivity contribution in [2.75, 3.05) is 0 Å². The molecule has 2 rings (SSSR count). The fraction of sp³-hybridized carbons (Fsp3) is 0.692. The minimum absolute atomic E-state index is 0.0553. The lowest BCUT2D eigenvalue weighted by Gasteiger charge is -2.46. The van der Waals surface area contributed by atoms with Gasteiger partial charge in [0.15, 0.2) is 0 Å². The van der Waals surface area contributed by atoms with Crippen molar-refractivity contribution in [1.29, 1.82) is 0 Å². The zero-order valence-electron chi connectivity index (χ0n) is 12.2. The Kier molecular flexibility index (Phi) is 4.40. The van der Waals surface area contributed by atoms with Crippen LogP contribution in [0.5, 0.6) is 0 Å². The molecule has 0 amide bonds. The maximum atomic E-state index is 12.5. The molecule has 0 radical (unpaired) electrons. The fourth-order valence-electron chi connectivity index (χ4n) is 3.15. The zero-order valence-corrected chi connectivity index (χ0v) is 15.4. The van der Waals surface area contributed by atoms with Gasteiger partial charge in [0, 0.05) is 21.6 Å². The molecule has 1 aromatic rings. The summed E-state index contributed by atoms with van der Waals surface area (Å²) < 4.78 is 28.7. The van der Waals surface area contributed by atoms with E-state index in [0.717, 1.165) is 12.8 Å². The number of hydrogen-bond acceptors (Lipinski definition) is 4. The summed E-state index contributed by atoms with van der Waals surface area (Å²) in [6.45, 7) is 8.43. The van der Waals surface area contributed by atoms with Crippen LogP contribution in [0.4, 0.5) is 0 Å². The molecule has 0 atom stereocenters. The average molecular weight is 381 g/mol. The third-order valence-electron chi connectivity index (χ3n) is 3.34. The Morgan fingerprint density at radius 2 is 1.85 bits per heavy atom. The van der Waals surface area contributed by atoms with Crippen LogP contribution in [0.1, 0.15) is 40.5 Å². The summed E-state index contributed by atoms with van der Waals surface area (Å²) in [7, 11) is -3.45. The number of piperidine rings is 1. The number of sulfonamides is 1. The van der Waals surface area contributed by atoms with E-state index in [0.29, 0.717) is 8.68 Å². The van der Waals surface area contributed by atoms with E-state index in [1.807, 2.05) is 0 Å². The lowest BCUT2D eigenvalue weighted by molar-refractivity contribution is 0.157. The Hall–Kier alpha value is 0.0500. The van der Waals surface area contributed by atoms with Crippen LogP contribution in [0.25, 0.3) is 0 Å². The Morgan fingerprint density at radius 1 is 1.30 bits per heavy atom. The van der Waals surface area contributed by atoms with Crippen LogP contribution in [0.2, 0.25) is 0 Å². The molecule has 1 aliphatic heterocycles. The molecule has 114 valence electrons.